The van der Waals surface area contributed by atoms with E-state index in [-0.39, 0.29) is 0 Å². The lowest BCUT2D eigenvalue weighted by Gasteiger charge is -1.69. The molecule has 0 saturated heterocycles. The van der Waals surface area contributed by atoms with E-state index in [0.29, 0.717) is 5.20 Å². The lowest BCUT2D eigenvalue weighted by molar-refractivity contribution is 0.571. The van der Waals surface area contributed by atoms with Crippen LogP contribution >= 0.6 is 15.9 Å². The Morgan fingerprint density at radius 1 is 0.889 bits per heavy atom. The normalized spacial score (nSPS) is 6.78. The van der Waals surface area contributed by atoms with Crippen molar-refractivity contribution in [2.24, 2.45) is 0 Å². The van der Waals surface area contributed by atoms with E-state index < -0.39 is 0 Å². The van der Waals surface area contributed by atoms with Gasteiger partial charge in [-0.25, -0.2) is 0 Å². The highest BCUT2D eigenvalue weighted by molar-refractivity contribution is 9.17. The molecule has 0 radical (unpaired) electrons. The molecule has 0 unspecified atom stereocenters. The molecule has 0 heterocycles. The minimum absolute atomic E-state index is 0.562. The number of halogens is 1. The summed E-state index contributed by atoms with van der Waals surface area (Å²) >= 11 is 2.47. The van der Waals surface area contributed by atoms with Gasteiger partial charge in [0.2, 0.25) is 0 Å². The molecule has 0 N–H and O–H groups in total. The summed E-state index contributed by atoms with van der Waals surface area (Å²) in [6.45, 7) is 0. The number of benzene rings is 1. The summed E-state index contributed by atoms with van der Waals surface area (Å²) in [6.07, 6.45) is 0. The van der Waals surface area contributed by atoms with Gasteiger partial charge >= 0.3 is 0 Å². The zero-order valence-corrected chi connectivity index (χ0v) is 6.41. The minimum atomic E-state index is 0.562. The van der Waals surface area contributed by atoms with Crippen molar-refractivity contribution in [3.05, 3.63) is 36.4 Å². The van der Waals surface area contributed by atoms with Crippen LogP contribution in [-0.2, 0) is 4.79 Å². The molecule has 9 heavy (non-hydrogen) atoms. The summed E-state index contributed by atoms with van der Waals surface area (Å²) in [5.41, 5.74) is 0. The van der Waals surface area contributed by atoms with E-state index in [4.69, 9.17) is 4.79 Å². The Balaban J connectivity index is 0.000000187. The highest BCUT2D eigenvalue weighted by Gasteiger charge is 1.57. The maximum atomic E-state index is 8.72. The van der Waals surface area contributed by atoms with Gasteiger partial charge in [-0.2, -0.15) is 0 Å². The smallest absolute Gasteiger partial charge is 0.185 e. The van der Waals surface area contributed by atoms with E-state index >= 15 is 0 Å². The Labute approximate surface area is 62.8 Å². The third-order valence-electron chi connectivity index (χ3n) is 0.667. The first-order chi connectivity index (χ1) is 4.41. The Morgan fingerprint density at radius 3 is 1.11 bits per heavy atom. The van der Waals surface area contributed by atoms with Crippen molar-refractivity contribution in [3.8, 4) is 0 Å². The topological polar surface area (TPSA) is 17.1 Å². The molecular formula is C7H7BrO. The van der Waals surface area contributed by atoms with Crippen molar-refractivity contribution < 1.29 is 4.79 Å². The van der Waals surface area contributed by atoms with Gasteiger partial charge in [-0.1, -0.05) is 36.4 Å². The van der Waals surface area contributed by atoms with E-state index in [1.807, 2.05) is 36.4 Å². The molecule has 0 amide bonds. The van der Waals surface area contributed by atoms with Crippen LogP contribution < -0.4 is 0 Å². The molecule has 1 aromatic rings. The zero-order chi connectivity index (χ0) is 6.95. The first-order valence-electron chi connectivity index (χ1n) is 2.45. The van der Waals surface area contributed by atoms with Gasteiger partial charge in [0.1, 0.15) is 0 Å². The highest BCUT2D eigenvalue weighted by atomic mass is 79.9. The van der Waals surface area contributed by atoms with Gasteiger partial charge in [-0.05, 0) is 15.9 Å². The van der Waals surface area contributed by atoms with Crippen LogP contribution in [0.5, 0.6) is 0 Å². The Hall–Kier alpha value is -0.630. The Morgan fingerprint density at radius 2 is 1.00 bits per heavy atom. The van der Waals surface area contributed by atoms with Crippen LogP contribution in [0.1, 0.15) is 0 Å². The van der Waals surface area contributed by atoms with Crippen LogP contribution in [0, 0.1) is 0 Å². The molecule has 48 valence electrons. The van der Waals surface area contributed by atoms with E-state index in [1.165, 1.54) is 0 Å². The average molecular weight is 187 g/mol. The second-order valence-electron chi connectivity index (χ2n) is 1.24. The van der Waals surface area contributed by atoms with Gasteiger partial charge in [-0.3, -0.25) is 4.79 Å². The Bertz CT molecular complexity index is 112. The summed E-state index contributed by atoms with van der Waals surface area (Å²) in [7, 11) is 0. The van der Waals surface area contributed by atoms with E-state index in [0.717, 1.165) is 0 Å². The van der Waals surface area contributed by atoms with Crippen molar-refractivity contribution in [2.75, 3.05) is 0 Å². The molecule has 1 aromatic carbocycles. The van der Waals surface area contributed by atoms with Crippen LogP contribution in [0.4, 0.5) is 0 Å². The number of carbonyl (C=O) groups is 1. The Kier molecular flexibility index (Phi) is 6.85. The molecule has 0 aromatic heterocycles. The fraction of sp³-hybridized carbons (Fsp3) is 0. The van der Waals surface area contributed by atoms with Gasteiger partial charge in [0.05, 0.1) is 0 Å². The number of hydrogen-bond acceptors (Lipinski definition) is 1. The van der Waals surface area contributed by atoms with Crippen molar-refractivity contribution in [1.29, 1.82) is 0 Å². The predicted molar refractivity (Wildman–Crippen MR) is 42.1 cm³/mol. The monoisotopic (exact) mass is 186 g/mol. The van der Waals surface area contributed by atoms with Gasteiger partial charge in [0.15, 0.2) is 5.20 Å². The predicted octanol–water partition coefficient (Wildman–Crippen LogP) is 2.26. The fourth-order valence-corrected chi connectivity index (χ4v) is 0.385. The van der Waals surface area contributed by atoms with Crippen LogP contribution in [0.3, 0.4) is 0 Å². The van der Waals surface area contributed by atoms with Gasteiger partial charge in [0.25, 0.3) is 0 Å². The zero-order valence-electron chi connectivity index (χ0n) is 4.83. The summed E-state index contributed by atoms with van der Waals surface area (Å²) in [6, 6.07) is 12.0. The second-order valence-corrected chi connectivity index (χ2v) is 1.62. The number of hydrogen-bond donors (Lipinski definition) is 0. The van der Waals surface area contributed by atoms with Gasteiger partial charge in [0, 0.05) is 0 Å². The maximum absolute atomic E-state index is 8.72. The van der Waals surface area contributed by atoms with Gasteiger partial charge < -0.3 is 0 Å². The highest BCUT2D eigenvalue weighted by Crippen LogP contribution is 1.79. The van der Waals surface area contributed by atoms with Crippen LogP contribution in [-0.4, -0.2) is 5.20 Å². The van der Waals surface area contributed by atoms with E-state index in [9.17, 15) is 0 Å². The molecule has 0 aliphatic rings. The SMILES string of the molecule is O=CBr.c1ccccc1. The first kappa shape index (κ1) is 8.37. The molecule has 0 aliphatic heterocycles. The lowest BCUT2D eigenvalue weighted by Crippen LogP contribution is -1.47. The molecule has 1 rings (SSSR count). The van der Waals surface area contributed by atoms with Crippen molar-refractivity contribution in [1.82, 2.24) is 0 Å². The van der Waals surface area contributed by atoms with Crippen molar-refractivity contribution in [3.63, 3.8) is 0 Å². The van der Waals surface area contributed by atoms with Crippen molar-refractivity contribution in [2.45, 2.75) is 0 Å². The van der Waals surface area contributed by atoms with E-state index in [2.05, 4.69) is 15.9 Å². The summed E-state index contributed by atoms with van der Waals surface area (Å²) < 4.78 is 0. The maximum Gasteiger partial charge on any atom is 0.185 e. The molecule has 0 spiro atoms. The number of carbonyl (C=O) groups excluding carboxylic acids is 1. The standard InChI is InChI=1S/C6H6.CHBrO/c1-2-4-6-5-3-1;2-1-3/h1-6H;1H. The van der Waals surface area contributed by atoms with Crippen LogP contribution in [0.15, 0.2) is 36.4 Å². The summed E-state index contributed by atoms with van der Waals surface area (Å²) in [5, 5.41) is 0.562. The minimum Gasteiger partial charge on any atom is -0.290 e. The second kappa shape index (κ2) is 7.37. The quantitative estimate of drug-likeness (QED) is 0.449. The molecule has 0 saturated carbocycles. The van der Waals surface area contributed by atoms with Crippen LogP contribution in [0.25, 0.3) is 0 Å². The lowest BCUT2D eigenvalue weighted by atomic mass is 10.4. The first-order valence-corrected chi connectivity index (χ1v) is 3.37. The molecule has 0 atom stereocenters. The fourth-order valence-electron chi connectivity index (χ4n) is 0.385. The molecule has 0 aliphatic carbocycles. The average Bonchev–Trinajstić information content (AvgIpc) is 1.93. The van der Waals surface area contributed by atoms with E-state index in [1.54, 1.807) is 0 Å². The molecule has 0 fully saturated rings. The molecule has 2 heteroatoms. The summed E-state index contributed by atoms with van der Waals surface area (Å²) in [5.74, 6) is 0. The number of rotatable bonds is 0. The third kappa shape index (κ3) is 7.37. The summed E-state index contributed by atoms with van der Waals surface area (Å²) in [4.78, 5) is 8.72. The van der Waals surface area contributed by atoms with Crippen LogP contribution in [0.2, 0.25) is 0 Å². The molecule has 0 bridgehead atoms. The molecular weight excluding hydrogens is 180 g/mol. The third-order valence-corrected chi connectivity index (χ3v) is 0.667. The van der Waals surface area contributed by atoms with Crippen molar-refractivity contribution >= 4 is 21.1 Å². The largest absolute Gasteiger partial charge is 0.290 e. The molecule has 1 nitrogen and oxygen atoms in total. The van der Waals surface area contributed by atoms with Gasteiger partial charge in [-0.15, -0.1) is 0 Å².